The Morgan fingerprint density at radius 1 is 0.963 bits per heavy atom. The van der Waals surface area contributed by atoms with Crippen molar-refractivity contribution in [1.82, 2.24) is 9.13 Å². The second-order valence-corrected chi connectivity index (χ2v) is 7.40. The van der Waals surface area contributed by atoms with Gasteiger partial charge >= 0.3 is 0 Å². The smallest absolute Gasteiger partial charge is 0.185 e. The van der Waals surface area contributed by atoms with Gasteiger partial charge in [0, 0.05) is 12.2 Å². The van der Waals surface area contributed by atoms with Crippen LogP contribution in [0, 0.1) is 4.77 Å². The van der Waals surface area contributed by atoms with Crippen LogP contribution in [0.25, 0.3) is 11.0 Å². The van der Waals surface area contributed by atoms with Crippen LogP contribution in [0.1, 0.15) is 6.92 Å². The Bertz CT molecular complexity index is 968. The summed E-state index contributed by atoms with van der Waals surface area (Å²) >= 11 is 5.77. The van der Waals surface area contributed by atoms with Crippen molar-refractivity contribution < 1.29 is 9.64 Å². The van der Waals surface area contributed by atoms with Crippen molar-refractivity contribution in [3.8, 4) is 5.75 Å². The van der Waals surface area contributed by atoms with Gasteiger partial charge in [0.05, 0.1) is 44.3 Å². The molecule has 1 fully saturated rings. The molecule has 2 aromatic carbocycles. The Morgan fingerprint density at radius 2 is 1.59 bits per heavy atom. The maximum Gasteiger partial charge on any atom is 0.185 e. The highest BCUT2D eigenvalue weighted by Crippen LogP contribution is 2.19. The number of nitrogens with zero attached hydrogens (tertiary/aromatic N) is 3. The number of fused-ring (bicyclic) bond motifs is 1. The first-order valence-electron chi connectivity index (χ1n) is 9.62. The van der Waals surface area contributed by atoms with Gasteiger partial charge in [-0.3, -0.25) is 4.57 Å². The molecule has 1 aliphatic heterocycles. The van der Waals surface area contributed by atoms with Crippen molar-refractivity contribution in [2.45, 2.75) is 20.1 Å². The van der Waals surface area contributed by atoms with E-state index in [4.69, 9.17) is 17.0 Å². The Balaban J connectivity index is 1.47. The van der Waals surface area contributed by atoms with Gasteiger partial charge in [-0.15, -0.1) is 0 Å². The lowest BCUT2D eigenvalue weighted by atomic mass is 10.2. The van der Waals surface area contributed by atoms with Crippen molar-refractivity contribution >= 4 is 28.9 Å². The standard InChI is InChI=1S/C21H26N4OS/c1-3-24-19-6-4-5-7-20(19)25(21(24)27)16-22-12-14-23(15-13-22)17-8-10-18(26-2)11-9-17/h4-11H,3,12-16H2,1-2H3/p+1. The minimum Gasteiger partial charge on any atom is -0.497 e. The van der Waals surface area contributed by atoms with Gasteiger partial charge in [0.15, 0.2) is 11.4 Å². The first-order chi connectivity index (χ1) is 13.2. The second-order valence-electron chi connectivity index (χ2n) is 7.04. The van der Waals surface area contributed by atoms with Crippen LogP contribution in [0.4, 0.5) is 5.69 Å². The molecule has 0 saturated carbocycles. The molecule has 0 unspecified atom stereocenters. The highest BCUT2D eigenvalue weighted by molar-refractivity contribution is 7.71. The molecule has 4 rings (SSSR count). The number of hydrogen-bond donors (Lipinski definition) is 1. The van der Waals surface area contributed by atoms with Crippen molar-refractivity contribution in [3.63, 3.8) is 0 Å². The number of aryl methyl sites for hydroxylation is 1. The summed E-state index contributed by atoms with van der Waals surface area (Å²) in [6.07, 6.45) is 0. The minimum absolute atomic E-state index is 0.907. The number of aromatic nitrogens is 2. The van der Waals surface area contributed by atoms with E-state index in [1.165, 1.54) is 16.7 Å². The molecule has 0 radical (unpaired) electrons. The first kappa shape index (κ1) is 18.1. The predicted molar refractivity (Wildman–Crippen MR) is 112 cm³/mol. The molecule has 1 N–H and O–H groups in total. The molecule has 0 atom stereocenters. The summed E-state index contributed by atoms with van der Waals surface area (Å²) in [7, 11) is 1.71. The van der Waals surface area contributed by atoms with E-state index in [9.17, 15) is 0 Å². The SMILES string of the molecule is CCn1c(=S)n(C[NH+]2CCN(c3ccc(OC)cc3)CC2)c2ccccc21. The molecule has 0 spiro atoms. The van der Waals surface area contributed by atoms with Crippen LogP contribution in [0.3, 0.4) is 0 Å². The molecule has 3 aromatic rings. The summed E-state index contributed by atoms with van der Waals surface area (Å²) in [5.41, 5.74) is 3.75. The van der Waals surface area contributed by atoms with E-state index in [0.717, 1.165) is 49.9 Å². The molecule has 1 saturated heterocycles. The predicted octanol–water partition coefficient (Wildman–Crippen LogP) is 2.56. The maximum absolute atomic E-state index is 5.77. The Morgan fingerprint density at radius 3 is 2.19 bits per heavy atom. The van der Waals surface area contributed by atoms with Gasteiger partial charge in [0.2, 0.25) is 0 Å². The number of nitrogens with one attached hydrogen (secondary N) is 1. The normalized spacial score (nSPS) is 15.4. The molecule has 142 valence electrons. The van der Waals surface area contributed by atoms with E-state index >= 15 is 0 Å². The van der Waals surface area contributed by atoms with E-state index in [1.807, 2.05) is 12.1 Å². The van der Waals surface area contributed by atoms with Gasteiger partial charge in [-0.25, -0.2) is 0 Å². The van der Waals surface area contributed by atoms with Crippen molar-refractivity contribution in [2.75, 3.05) is 38.2 Å². The third-order valence-corrected chi connectivity index (χ3v) is 5.97. The zero-order chi connectivity index (χ0) is 18.8. The molecule has 27 heavy (non-hydrogen) atoms. The summed E-state index contributed by atoms with van der Waals surface area (Å²) < 4.78 is 10.7. The quantitative estimate of drug-likeness (QED) is 0.686. The van der Waals surface area contributed by atoms with Gasteiger partial charge in [-0.05, 0) is 55.5 Å². The van der Waals surface area contributed by atoms with E-state index in [0.29, 0.717) is 0 Å². The van der Waals surface area contributed by atoms with Crippen molar-refractivity contribution in [3.05, 3.63) is 53.3 Å². The molecular weight excluding hydrogens is 356 g/mol. The highest BCUT2D eigenvalue weighted by atomic mass is 32.1. The average Bonchev–Trinajstić information content (AvgIpc) is 2.99. The molecule has 0 bridgehead atoms. The van der Waals surface area contributed by atoms with Crippen molar-refractivity contribution in [1.29, 1.82) is 0 Å². The summed E-state index contributed by atoms with van der Waals surface area (Å²) in [5.74, 6) is 0.907. The topological polar surface area (TPSA) is 26.8 Å². The zero-order valence-electron chi connectivity index (χ0n) is 16.0. The second kappa shape index (κ2) is 7.74. The van der Waals surface area contributed by atoms with Gasteiger partial charge in [0.1, 0.15) is 5.75 Å². The minimum atomic E-state index is 0.907. The fraction of sp³-hybridized carbons (Fsp3) is 0.381. The Hall–Kier alpha value is -2.31. The van der Waals surface area contributed by atoms with Crippen LogP contribution < -0.4 is 14.5 Å². The van der Waals surface area contributed by atoms with Gasteiger partial charge < -0.3 is 19.1 Å². The van der Waals surface area contributed by atoms with Gasteiger partial charge in [-0.1, -0.05) is 12.1 Å². The van der Waals surface area contributed by atoms with E-state index < -0.39 is 0 Å². The van der Waals surface area contributed by atoms with Crippen molar-refractivity contribution in [2.24, 2.45) is 0 Å². The molecule has 0 aliphatic carbocycles. The van der Waals surface area contributed by atoms with Crippen LogP contribution >= 0.6 is 12.2 Å². The monoisotopic (exact) mass is 383 g/mol. The maximum atomic E-state index is 5.77. The number of para-hydroxylation sites is 2. The number of anilines is 1. The largest absolute Gasteiger partial charge is 0.497 e. The lowest BCUT2D eigenvalue weighted by Gasteiger charge is -2.33. The summed E-state index contributed by atoms with van der Waals surface area (Å²) in [6.45, 7) is 8.34. The number of methoxy groups -OCH3 is 1. The van der Waals surface area contributed by atoms with Crippen LogP contribution in [-0.4, -0.2) is 42.4 Å². The fourth-order valence-electron chi connectivity index (χ4n) is 3.99. The number of imidazole rings is 1. The molecular formula is C21H27N4OS+. The first-order valence-corrected chi connectivity index (χ1v) is 10.0. The highest BCUT2D eigenvalue weighted by Gasteiger charge is 2.22. The number of quaternary nitrogens is 1. The Kier molecular flexibility index (Phi) is 5.18. The summed E-state index contributed by atoms with van der Waals surface area (Å²) in [6, 6.07) is 16.9. The van der Waals surface area contributed by atoms with Crippen LogP contribution in [0.2, 0.25) is 0 Å². The molecule has 1 aliphatic rings. The molecule has 0 amide bonds. The number of benzene rings is 2. The van der Waals surface area contributed by atoms with E-state index in [-0.39, 0.29) is 0 Å². The number of ether oxygens (including phenoxy) is 1. The van der Waals surface area contributed by atoms with Crippen LogP contribution in [0.5, 0.6) is 5.75 Å². The lowest BCUT2D eigenvalue weighted by molar-refractivity contribution is -0.923. The van der Waals surface area contributed by atoms with Gasteiger partial charge in [0.25, 0.3) is 0 Å². The Labute approximate surface area is 165 Å². The molecule has 6 heteroatoms. The van der Waals surface area contributed by atoms with E-state index in [1.54, 1.807) is 12.0 Å². The molecule has 1 aromatic heterocycles. The summed E-state index contributed by atoms with van der Waals surface area (Å²) in [4.78, 5) is 4.03. The van der Waals surface area contributed by atoms with E-state index in [2.05, 4.69) is 57.4 Å². The molecule has 2 heterocycles. The third-order valence-electron chi connectivity index (χ3n) is 5.53. The average molecular weight is 384 g/mol. The number of piperazine rings is 1. The fourth-order valence-corrected chi connectivity index (χ4v) is 4.38. The third kappa shape index (κ3) is 3.47. The molecule has 5 nitrogen and oxygen atoms in total. The number of rotatable bonds is 5. The van der Waals surface area contributed by atoms with Gasteiger partial charge in [-0.2, -0.15) is 0 Å². The van der Waals surface area contributed by atoms with Crippen LogP contribution in [0.15, 0.2) is 48.5 Å². The van der Waals surface area contributed by atoms with Crippen LogP contribution in [-0.2, 0) is 13.2 Å². The summed E-state index contributed by atoms with van der Waals surface area (Å²) in [5, 5.41) is 0. The zero-order valence-corrected chi connectivity index (χ0v) is 16.8. The number of hydrogen-bond acceptors (Lipinski definition) is 3. The lowest BCUT2D eigenvalue weighted by Crippen LogP contribution is -3.14.